The molecule has 2 aromatic rings. The van der Waals surface area contributed by atoms with Crippen molar-refractivity contribution in [1.29, 1.82) is 0 Å². The number of aromatic amines is 1. The van der Waals surface area contributed by atoms with Crippen molar-refractivity contribution in [2.75, 3.05) is 6.61 Å². The van der Waals surface area contributed by atoms with E-state index >= 15 is 0 Å². The largest absolute Gasteiger partial charge is 0.361 e. The van der Waals surface area contributed by atoms with Gasteiger partial charge in [0.1, 0.15) is 0 Å². The summed E-state index contributed by atoms with van der Waals surface area (Å²) in [6.07, 6.45) is 2.83. The number of fused-ring (bicyclic) bond motifs is 1. The summed E-state index contributed by atoms with van der Waals surface area (Å²) in [6, 6.07) is 10.2. The van der Waals surface area contributed by atoms with Gasteiger partial charge in [-0.05, 0) is 35.9 Å². The van der Waals surface area contributed by atoms with Gasteiger partial charge in [0.05, 0.1) is 6.61 Å². The van der Waals surface area contributed by atoms with Gasteiger partial charge >= 0.3 is 0 Å². The Hall–Kier alpha value is -1.74. The van der Waals surface area contributed by atoms with Crippen LogP contribution in [0.3, 0.4) is 0 Å². The quantitative estimate of drug-likeness (QED) is 0.719. The van der Waals surface area contributed by atoms with Gasteiger partial charge in [0.2, 0.25) is 0 Å². The zero-order valence-electron chi connectivity index (χ0n) is 8.19. The Bertz CT molecular complexity index is 462. The van der Waals surface area contributed by atoms with Gasteiger partial charge in [-0.1, -0.05) is 0 Å². The number of hydrogen-bond donors (Lipinski definition) is 1. The third kappa shape index (κ3) is 1.51. The maximum Gasteiger partial charge on any atom is 0.168 e. The van der Waals surface area contributed by atoms with Gasteiger partial charge in [0, 0.05) is 23.9 Å². The van der Waals surface area contributed by atoms with E-state index in [4.69, 9.17) is 9.78 Å². The predicted molar refractivity (Wildman–Crippen MR) is 56.5 cm³/mol. The van der Waals surface area contributed by atoms with Gasteiger partial charge < -0.3 is 9.87 Å². The molecule has 0 bridgehead atoms. The molecule has 0 saturated heterocycles. The third-order valence-electron chi connectivity index (χ3n) is 2.57. The van der Waals surface area contributed by atoms with Gasteiger partial charge in [-0.25, -0.2) is 0 Å². The lowest BCUT2D eigenvalue weighted by molar-refractivity contribution is -0.215. The minimum atomic E-state index is 0.626. The SMILES string of the molecule is c1c[nH]c(-c2ccc3c(c2)CCOO3)c1. The van der Waals surface area contributed by atoms with Gasteiger partial charge in [-0.15, -0.1) is 0 Å². The molecule has 3 rings (SSSR count). The number of benzene rings is 1. The van der Waals surface area contributed by atoms with Crippen molar-refractivity contribution in [3.05, 3.63) is 42.1 Å². The highest BCUT2D eigenvalue weighted by Crippen LogP contribution is 2.28. The highest BCUT2D eigenvalue weighted by atomic mass is 17.2. The molecular formula is C12H11NO2. The van der Waals surface area contributed by atoms with Crippen molar-refractivity contribution in [3.8, 4) is 17.0 Å². The minimum Gasteiger partial charge on any atom is -0.361 e. The molecule has 0 aliphatic carbocycles. The Labute approximate surface area is 87.6 Å². The van der Waals surface area contributed by atoms with Crippen molar-refractivity contribution in [1.82, 2.24) is 4.98 Å². The standard InChI is InChI=1S/C12H11NO2/c1-2-11(13-6-1)9-3-4-12-10(8-9)5-7-14-15-12/h1-4,6,8,13H,5,7H2. The molecule has 3 heteroatoms. The lowest BCUT2D eigenvalue weighted by Gasteiger charge is -2.15. The predicted octanol–water partition coefficient (Wildman–Crippen LogP) is 2.55. The molecule has 1 aromatic carbocycles. The molecule has 0 unspecified atom stereocenters. The third-order valence-corrected chi connectivity index (χ3v) is 2.57. The summed E-state index contributed by atoms with van der Waals surface area (Å²) in [5.41, 5.74) is 3.52. The molecule has 0 spiro atoms. The van der Waals surface area contributed by atoms with Gasteiger partial charge in [-0.3, -0.25) is 0 Å². The maximum atomic E-state index is 5.09. The Morgan fingerprint density at radius 1 is 1.20 bits per heavy atom. The van der Waals surface area contributed by atoms with Crippen LogP contribution in [0.15, 0.2) is 36.5 Å². The Morgan fingerprint density at radius 3 is 3.07 bits per heavy atom. The van der Waals surface area contributed by atoms with E-state index in [1.807, 2.05) is 24.4 Å². The highest BCUT2D eigenvalue weighted by molar-refractivity contribution is 5.62. The molecule has 0 radical (unpaired) electrons. The first-order valence-electron chi connectivity index (χ1n) is 5.00. The van der Waals surface area contributed by atoms with E-state index in [1.54, 1.807) is 0 Å². The molecule has 1 aliphatic heterocycles. The van der Waals surface area contributed by atoms with Crippen LogP contribution in [0.5, 0.6) is 5.75 Å². The molecule has 0 saturated carbocycles. The fourth-order valence-electron chi connectivity index (χ4n) is 1.79. The molecule has 0 amide bonds. The molecule has 1 aromatic heterocycles. The molecule has 76 valence electrons. The average molecular weight is 201 g/mol. The van der Waals surface area contributed by atoms with Crippen molar-refractivity contribution in [2.45, 2.75) is 6.42 Å². The van der Waals surface area contributed by atoms with Crippen molar-refractivity contribution < 1.29 is 9.78 Å². The summed E-state index contributed by atoms with van der Waals surface area (Å²) < 4.78 is 0. The summed E-state index contributed by atoms with van der Waals surface area (Å²) in [4.78, 5) is 13.2. The van der Waals surface area contributed by atoms with Crippen LogP contribution in [0.4, 0.5) is 0 Å². The molecule has 0 fully saturated rings. The first-order chi connectivity index (χ1) is 7.43. The lowest BCUT2D eigenvalue weighted by atomic mass is 10.0. The molecule has 15 heavy (non-hydrogen) atoms. The summed E-state index contributed by atoms with van der Waals surface area (Å²) >= 11 is 0. The molecular weight excluding hydrogens is 190 g/mol. The second-order valence-electron chi connectivity index (χ2n) is 3.56. The molecule has 3 nitrogen and oxygen atoms in total. The highest BCUT2D eigenvalue weighted by Gasteiger charge is 2.12. The van der Waals surface area contributed by atoms with Crippen LogP contribution in [-0.4, -0.2) is 11.6 Å². The van der Waals surface area contributed by atoms with Crippen LogP contribution in [0.25, 0.3) is 11.3 Å². The van der Waals surface area contributed by atoms with E-state index in [0.717, 1.165) is 17.9 Å². The Balaban J connectivity index is 2.04. The van der Waals surface area contributed by atoms with Crippen molar-refractivity contribution >= 4 is 0 Å². The van der Waals surface area contributed by atoms with Crippen LogP contribution in [0.2, 0.25) is 0 Å². The monoisotopic (exact) mass is 201 g/mol. The van der Waals surface area contributed by atoms with Crippen LogP contribution in [0, 0.1) is 0 Å². The van der Waals surface area contributed by atoms with Crippen LogP contribution in [0.1, 0.15) is 5.56 Å². The van der Waals surface area contributed by atoms with E-state index in [2.05, 4.69) is 17.1 Å². The Kier molecular flexibility index (Phi) is 1.96. The smallest absolute Gasteiger partial charge is 0.168 e. The van der Waals surface area contributed by atoms with Crippen molar-refractivity contribution in [2.24, 2.45) is 0 Å². The number of hydrogen-bond acceptors (Lipinski definition) is 2. The van der Waals surface area contributed by atoms with Crippen LogP contribution < -0.4 is 4.89 Å². The van der Waals surface area contributed by atoms with E-state index in [0.29, 0.717) is 6.61 Å². The minimum absolute atomic E-state index is 0.626. The van der Waals surface area contributed by atoms with Crippen molar-refractivity contribution in [3.63, 3.8) is 0 Å². The summed E-state index contributed by atoms with van der Waals surface area (Å²) in [5, 5.41) is 0. The van der Waals surface area contributed by atoms with E-state index in [-0.39, 0.29) is 0 Å². The summed E-state index contributed by atoms with van der Waals surface area (Å²) in [7, 11) is 0. The zero-order chi connectivity index (χ0) is 10.1. The van der Waals surface area contributed by atoms with Gasteiger partial charge in [0.25, 0.3) is 0 Å². The average Bonchev–Trinajstić information content (AvgIpc) is 2.82. The first-order valence-corrected chi connectivity index (χ1v) is 5.00. The fraction of sp³-hybridized carbons (Fsp3) is 0.167. The fourth-order valence-corrected chi connectivity index (χ4v) is 1.79. The number of aromatic nitrogens is 1. The number of rotatable bonds is 1. The molecule has 1 aliphatic rings. The summed E-state index contributed by atoms with van der Waals surface area (Å²) in [6.45, 7) is 0.626. The molecule has 0 atom stereocenters. The zero-order valence-corrected chi connectivity index (χ0v) is 8.19. The van der Waals surface area contributed by atoms with E-state index in [1.165, 1.54) is 11.1 Å². The van der Waals surface area contributed by atoms with E-state index < -0.39 is 0 Å². The topological polar surface area (TPSA) is 34.2 Å². The summed E-state index contributed by atoms with van der Waals surface area (Å²) in [5.74, 6) is 0.830. The molecule has 1 N–H and O–H groups in total. The maximum absolute atomic E-state index is 5.09. The Morgan fingerprint density at radius 2 is 2.20 bits per heavy atom. The number of H-pyrrole nitrogens is 1. The second kappa shape index (κ2) is 3.44. The van der Waals surface area contributed by atoms with Gasteiger partial charge in [0.15, 0.2) is 5.75 Å². The van der Waals surface area contributed by atoms with Crippen LogP contribution >= 0.6 is 0 Å². The first kappa shape index (κ1) is 8.56. The van der Waals surface area contributed by atoms with E-state index in [9.17, 15) is 0 Å². The molecule has 2 heterocycles. The second-order valence-corrected chi connectivity index (χ2v) is 3.56. The van der Waals surface area contributed by atoms with Crippen LogP contribution in [-0.2, 0) is 11.3 Å². The van der Waals surface area contributed by atoms with Gasteiger partial charge in [-0.2, -0.15) is 4.89 Å². The lowest BCUT2D eigenvalue weighted by Crippen LogP contribution is -2.10. The number of nitrogens with one attached hydrogen (secondary N) is 1. The normalized spacial score (nSPS) is 14.4.